The van der Waals surface area contributed by atoms with Crippen LogP contribution in [0.15, 0.2) is 26.5 Å². The molecule has 0 aliphatic rings. The highest BCUT2D eigenvalue weighted by molar-refractivity contribution is 14.1. The summed E-state index contributed by atoms with van der Waals surface area (Å²) in [5.41, 5.74) is 3.46. The number of ether oxygens (including phenoxy) is 3. The molecular formula is C23H26BrIN4O5. The summed E-state index contributed by atoms with van der Waals surface area (Å²) in [5.74, 6) is 0.762. The fraction of sp³-hybridized carbons (Fsp3) is 0.391. The van der Waals surface area contributed by atoms with Crippen LogP contribution in [0.1, 0.15) is 42.7 Å². The van der Waals surface area contributed by atoms with E-state index in [9.17, 15) is 14.9 Å². The molecule has 0 atom stereocenters. The van der Waals surface area contributed by atoms with Gasteiger partial charge in [-0.15, -0.1) is 0 Å². The smallest absolute Gasteiger partial charge is 0.269 e. The molecule has 11 heteroatoms. The number of carbonyl (C=O) groups is 1. The van der Waals surface area contributed by atoms with Crippen LogP contribution in [0.25, 0.3) is 0 Å². The molecule has 1 aromatic carbocycles. The zero-order valence-corrected chi connectivity index (χ0v) is 23.1. The molecule has 1 amide bonds. The fourth-order valence-corrected chi connectivity index (χ4v) is 4.38. The number of amides is 1. The van der Waals surface area contributed by atoms with Gasteiger partial charge in [0.25, 0.3) is 11.5 Å². The first kappa shape index (κ1) is 27.8. The molecular weight excluding hydrogens is 619 g/mol. The van der Waals surface area contributed by atoms with Crippen LogP contribution in [0.3, 0.4) is 0 Å². The first-order chi connectivity index (χ1) is 16.3. The number of hydrazone groups is 1. The first-order valence-electron chi connectivity index (χ1n) is 10.5. The first-order valence-corrected chi connectivity index (χ1v) is 12.4. The standard InChI is InChI=1S/C23H26BrIN4O5/c1-5-7-34-22-18(25)8-15(9-19(22)33-6-2)11-27-28-20(30)12-29-14(3)21(24)17(13-32-4)16(10-26)23(29)31/h8-9,11H,5-7,12-13H2,1-4H3,(H,28,30)/b27-11-. The molecule has 1 N–H and O–H groups in total. The molecule has 0 saturated carbocycles. The molecule has 34 heavy (non-hydrogen) atoms. The van der Waals surface area contributed by atoms with E-state index in [0.717, 1.165) is 9.99 Å². The molecule has 2 rings (SSSR count). The minimum Gasteiger partial charge on any atom is -0.490 e. The molecule has 182 valence electrons. The number of hydrogen-bond acceptors (Lipinski definition) is 7. The van der Waals surface area contributed by atoms with E-state index >= 15 is 0 Å². The Morgan fingerprint density at radius 3 is 2.71 bits per heavy atom. The minimum absolute atomic E-state index is 0.0703. The molecule has 1 heterocycles. The SMILES string of the molecule is CCCOc1c(I)cc(/C=N\NC(=O)Cn2c(C)c(Br)c(COC)c(C#N)c2=O)cc1OCC. The van der Waals surface area contributed by atoms with E-state index in [2.05, 4.69) is 49.0 Å². The Labute approximate surface area is 220 Å². The number of benzene rings is 1. The van der Waals surface area contributed by atoms with Gasteiger partial charge in [0.15, 0.2) is 11.5 Å². The zero-order valence-electron chi connectivity index (χ0n) is 19.4. The summed E-state index contributed by atoms with van der Waals surface area (Å²) in [7, 11) is 1.48. The van der Waals surface area contributed by atoms with Crippen LogP contribution in [0, 0.1) is 21.8 Å². The van der Waals surface area contributed by atoms with Crippen molar-refractivity contribution in [3.05, 3.63) is 52.9 Å². The van der Waals surface area contributed by atoms with Gasteiger partial charge < -0.3 is 18.8 Å². The van der Waals surface area contributed by atoms with Crippen molar-refractivity contribution < 1.29 is 19.0 Å². The van der Waals surface area contributed by atoms with Gasteiger partial charge in [0, 0.05) is 22.8 Å². The fourth-order valence-electron chi connectivity index (χ4n) is 3.08. The van der Waals surface area contributed by atoms with Gasteiger partial charge in [-0.3, -0.25) is 9.59 Å². The summed E-state index contributed by atoms with van der Waals surface area (Å²) in [6.07, 6.45) is 2.36. The molecule has 0 bridgehead atoms. The zero-order chi connectivity index (χ0) is 25.3. The molecule has 0 spiro atoms. The van der Waals surface area contributed by atoms with Crippen molar-refractivity contribution in [2.45, 2.75) is 40.3 Å². The summed E-state index contributed by atoms with van der Waals surface area (Å²) < 4.78 is 19.2. The summed E-state index contributed by atoms with van der Waals surface area (Å²) in [6, 6.07) is 5.55. The highest BCUT2D eigenvalue weighted by Crippen LogP contribution is 2.34. The second kappa shape index (κ2) is 13.5. The van der Waals surface area contributed by atoms with Gasteiger partial charge in [-0.25, -0.2) is 5.43 Å². The molecule has 9 nitrogen and oxygen atoms in total. The normalized spacial score (nSPS) is 10.9. The Balaban J connectivity index is 2.21. The van der Waals surface area contributed by atoms with E-state index in [4.69, 9.17) is 14.2 Å². The van der Waals surface area contributed by atoms with Crippen molar-refractivity contribution in [3.8, 4) is 17.6 Å². The van der Waals surface area contributed by atoms with Crippen LogP contribution in [0.5, 0.6) is 11.5 Å². The highest BCUT2D eigenvalue weighted by Gasteiger charge is 2.19. The predicted octanol–water partition coefficient (Wildman–Crippen LogP) is 3.88. The molecule has 0 aliphatic heterocycles. The summed E-state index contributed by atoms with van der Waals surface area (Å²) in [5, 5.41) is 13.4. The average Bonchev–Trinajstić information content (AvgIpc) is 2.80. The topological polar surface area (TPSA) is 115 Å². The second-order valence-electron chi connectivity index (χ2n) is 7.09. The molecule has 0 fully saturated rings. The summed E-state index contributed by atoms with van der Waals surface area (Å²) in [4.78, 5) is 25.2. The lowest BCUT2D eigenvalue weighted by Crippen LogP contribution is -2.33. The summed E-state index contributed by atoms with van der Waals surface area (Å²) in [6.45, 7) is 6.46. The number of pyridine rings is 1. The third kappa shape index (κ3) is 6.80. The number of aromatic nitrogens is 1. The number of rotatable bonds is 11. The highest BCUT2D eigenvalue weighted by atomic mass is 127. The maximum atomic E-state index is 12.8. The number of nitriles is 1. The quantitative estimate of drug-likeness (QED) is 0.226. The second-order valence-corrected chi connectivity index (χ2v) is 9.05. The number of carbonyl (C=O) groups excluding carboxylic acids is 1. The van der Waals surface area contributed by atoms with Gasteiger partial charge in [-0.2, -0.15) is 10.4 Å². The third-order valence-electron chi connectivity index (χ3n) is 4.64. The lowest BCUT2D eigenvalue weighted by molar-refractivity contribution is -0.121. The maximum absolute atomic E-state index is 12.8. The van der Waals surface area contributed by atoms with E-state index in [1.807, 2.05) is 26.0 Å². The van der Waals surface area contributed by atoms with E-state index in [1.54, 1.807) is 13.0 Å². The Hall–Kier alpha value is -2.43. The van der Waals surface area contributed by atoms with Crippen molar-refractivity contribution in [1.82, 2.24) is 9.99 Å². The summed E-state index contributed by atoms with van der Waals surface area (Å²) >= 11 is 5.57. The largest absolute Gasteiger partial charge is 0.490 e. The van der Waals surface area contributed by atoms with Gasteiger partial charge in [-0.05, 0) is 76.5 Å². The van der Waals surface area contributed by atoms with Crippen LogP contribution >= 0.6 is 38.5 Å². The molecule has 2 aromatic rings. The Bertz CT molecular complexity index is 1170. The lowest BCUT2D eigenvalue weighted by Gasteiger charge is -2.15. The predicted molar refractivity (Wildman–Crippen MR) is 140 cm³/mol. The molecule has 0 saturated heterocycles. The molecule has 1 aromatic heterocycles. The van der Waals surface area contributed by atoms with Crippen LogP contribution < -0.4 is 20.5 Å². The van der Waals surface area contributed by atoms with E-state index < -0.39 is 11.5 Å². The van der Waals surface area contributed by atoms with Crippen molar-refractivity contribution >= 4 is 50.6 Å². The lowest BCUT2D eigenvalue weighted by atomic mass is 10.1. The van der Waals surface area contributed by atoms with Crippen LogP contribution in [-0.2, 0) is 22.7 Å². The minimum atomic E-state index is -0.562. The number of nitrogens with one attached hydrogen (secondary N) is 1. The Morgan fingerprint density at radius 1 is 1.35 bits per heavy atom. The Morgan fingerprint density at radius 2 is 2.09 bits per heavy atom. The average molecular weight is 645 g/mol. The molecule has 0 radical (unpaired) electrons. The van der Waals surface area contributed by atoms with E-state index in [1.165, 1.54) is 17.9 Å². The van der Waals surface area contributed by atoms with Crippen molar-refractivity contribution in [3.63, 3.8) is 0 Å². The van der Waals surface area contributed by atoms with Crippen molar-refractivity contribution in [2.75, 3.05) is 20.3 Å². The van der Waals surface area contributed by atoms with Gasteiger partial charge in [0.05, 0.1) is 29.6 Å². The van der Waals surface area contributed by atoms with Gasteiger partial charge in [-0.1, -0.05) is 6.92 Å². The maximum Gasteiger partial charge on any atom is 0.269 e. The third-order valence-corrected chi connectivity index (χ3v) is 6.49. The Kier molecular flexibility index (Phi) is 11.0. The monoisotopic (exact) mass is 644 g/mol. The van der Waals surface area contributed by atoms with Crippen molar-refractivity contribution in [2.24, 2.45) is 5.10 Å². The van der Waals surface area contributed by atoms with Crippen LogP contribution in [0.2, 0.25) is 0 Å². The molecule has 0 unspecified atom stereocenters. The van der Waals surface area contributed by atoms with Crippen molar-refractivity contribution in [1.29, 1.82) is 5.26 Å². The van der Waals surface area contributed by atoms with Gasteiger partial charge in [0.2, 0.25) is 0 Å². The number of methoxy groups -OCH3 is 1. The number of hydrogen-bond donors (Lipinski definition) is 1. The van der Waals surface area contributed by atoms with Crippen LogP contribution in [-0.4, -0.2) is 37.0 Å². The van der Waals surface area contributed by atoms with E-state index in [-0.39, 0.29) is 18.7 Å². The van der Waals surface area contributed by atoms with Gasteiger partial charge >= 0.3 is 0 Å². The number of nitrogens with zero attached hydrogens (tertiary/aromatic N) is 3. The van der Waals surface area contributed by atoms with Crippen LogP contribution in [0.4, 0.5) is 0 Å². The number of halogens is 2. The van der Waals surface area contributed by atoms with E-state index in [0.29, 0.717) is 46.0 Å². The van der Waals surface area contributed by atoms with Gasteiger partial charge in [0.1, 0.15) is 18.2 Å². The molecule has 0 aliphatic carbocycles.